The van der Waals surface area contributed by atoms with E-state index in [-0.39, 0.29) is 21.7 Å². The first-order valence-electron chi connectivity index (χ1n) is 5.29. The summed E-state index contributed by atoms with van der Waals surface area (Å²) in [5, 5.41) is 9.80. The van der Waals surface area contributed by atoms with E-state index in [1.807, 2.05) is 20.8 Å². The van der Waals surface area contributed by atoms with Gasteiger partial charge in [0.05, 0.1) is 5.69 Å². The lowest BCUT2D eigenvalue weighted by molar-refractivity contribution is 0.459. The Labute approximate surface area is 102 Å². The van der Waals surface area contributed by atoms with E-state index in [9.17, 15) is 13.5 Å². The molecule has 0 aliphatic heterocycles. The molecule has 0 aliphatic carbocycles. The average molecular weight is 257 g/mol. The molecule has 4 nitrogen and oxygen atoms in total. The molecule has 0 aromatic heterocycles. The maximum atomic E-state index is 11.6. The average Bonchev–Trinajstić information content (AvgIpc) is 2.10. The summed E-state index contributed by atoms with van der Waals surface area (Å²) in [6.07, 6.45) is 1.06. The molecule has 0 saturated heterocycles. The zero-order valence-electron chi connectivity index (χ0n) is 10.8. The van der Waals surface area contributed by atoms with E-state index in [1.165, 1.54) is 6.07 Å². The fraction of sp³-hybridized carbons (Fsp3) is 0.500. The Bertz CT molecular complexity index is 554. The number of nitrogen functional groups attached to an aromatic ring is 1. The van der Waals surface area contributed by atoms with Crippen molar-refractivity contribution in [1.82, 2.24) is 0 Å². The van der Waals surface area contributed by atoms with E-state index in [2.05, 4.69) is 0 Å². The van der Waals surface area contributed by atoms with Gasteiger partial charge in [0.1, 0.15) is 4.90 Å². The lowest BCUT2D eigenvalue weighted by Gasteiger charge is -2.24. The van der Waals surface area contributed by atoms with Crippen molar-refractivity contribution >= 4 is 15.5 Å². The Morgan fingerprint density at radius 2 is 1.76 bits per heavy atom. The van der Waals surface area contributed by atoms with Crippen LogP contribution in [0.25, 0.3) is 0 Å². The van der Waals surface area contributed by atoms with Crippen molar-refractivity contribution in [2.75, 3.05) is 12.0 Å². The Morgan fingerprint density at radius 1 is 1.29 bits per heavy atom. The molecule has 3 N–H and O–H groups in total. The molecule has 1 aromatic carbocycles. The third-order valence-electron chi connectivity index (χ3n) is 2.78. The second-order valence-electron chi connectivity index (χ2n) is 5.33. The quantitative estimate of drug-likeness (QED) is 0.595. The first-order chi connectivity index (χ1) is 7.46. The van der Waals surface area contributed by atoms with E-state index in [1.54, 1.807) is 6.92 Å². The van der Waals surface area contributed by atoms with Crippen molar-refractivity contribution in [2.45, 2.75) is 38.0 Å². The number of anilines is 1. The van der Waals surface area contributed by atoms with Crippen LogP contribution in [0.4, 0.5) is 5.69 Å². The summed E-state index contributed by atoms with van der Waals surface area (Å²) in [6, 6.07) is 1.51. The molecule has 5 heteroatoms. The minimum atomic E-state index is -3.49. The van der Waals surface area contributed by atoms with Crippen LogP contribution in [0.15, 0.2) is 11.0 Å². The van der Waals surface area contributed by atoms with Crippen LogP contribution in [-0.4, -0.2) is 19.8 Å². The van der Waals surface area contributed by atoms with Crippen LogP contribution >= 0.6 is 0 Å². The minimum Gasteiger partial charge on any atom is -0.504 e. The molecule has 0 amide bonds. The van der Waals surface area contributed by atoms with Crippen LogP contribution in [0.2, 0.25) is 0 Å². The molecule has 1 aromatic rings. The van der Waals surface area contributed by atoms with Gasteiger partial charge in [0.2, 0.25) is 0 Å². The number of nitrogens with two attached hydrogens (primary N) is 1. The Kier molecular flexibility index (Phi) is 3.18. The van der Waals surface area contributed by atoms with Crippen LogP contribution in [0.5, 0.6) is 5.75 Å². The predicted molar refractivity (Wildman–Crippen MR) is 69.1 cm³/mol. The van der Waals surface area contributed by atoms with E-state index < -0.39 is 9.84 Å². The number of aromatic hydroxyl groups is 1. The topological polar surface area (TPSA) is 80.4 Å². The lowest BCUT2D eigenvalue weighted by atomic mass is 9.83. The van der Waals surface area contributed by atoms with Crippen molar-refractivity contribution in [1.29, 1.82) is 0 Å². The zero-order chi connectivity index (χ0) is 13.6. The summed E-state index contributed by atoms with van der Waals surface area (Å²) in [7, 11) is -3.49. The number of rotatable bonds is 1. The Hall–Kier alpha value is -1.23. The molecule has 0 fully saturated rings. The van der Waals surface area contributed by atoms with Gasteiger partial charge < -0.3 is 10.8 Å². The van der Waals surface area contributed by atoms with Gasteiger partial charge in [0.25, 0.3) is 0 Å². The fourth-order valence-electron chi connectivity index (χ4n) is 1.82. The maximum Gasteiger partial charge on any atom is 0.179 e. The first kappa shape index (κ1) is 13.8. The molecule has 96 valence electrons. The smallest absolute Gasteiger partial charge is 0.179 e. The van der Waals surface area contributed by atoms with Crippen molar-refractivity contribution in [3.8, 4) is 5.75 Å². The van der Waals surface area contributed by atoms with Gasteiger partial charge in [-0.1, -0.05) is 20.8 Å². The highest BCUT2D eigenvalue weighted by Crippen LogP contribution is 2.38. The number of sulfone groups is 1. The molecule has 0 unspecified atom stereocenters. The van der Waals surface area contributed by atoms with Crippen molar-refractivity contribution in [3.63, 3.8) is 0 Å². The molecule has 1 rings (SSSR count). The van der Waals surface area contributed by atoms with Crippen LogP contribution in [-0.2, 0) is 15.3 Å². The van der Waals surface area contributed by atoms with E-state index in [4.69, 9.17) is 5.73 Å². The van der Waals surface area contributed by atoms with Gasteiger partial charge in [-0.05, 0) is 29.5 Å². The van der Waals surface area contributed by atoms with E-state index in [0.717, 1.165) is 17.4 Å². The van der Waals surface area contributed by atoms with Crippen LogP contribution < -0.4 is 5.73 Å². The molecule has 0 bridgehead atoms. The summed E-state index contributed by atoms with van der Waals surface area (Å²) in [6.45, 7) is 7.69. The van der Waals surface area contributed by atoms with Gasteiger partial charge in [0.15, 0.2) is 15.6 Å². The largest absolute Gasteiger partial charge is 0.504 e. The van der Waals surface area contributed by atoms with Crippen LogP contribution in [0.3, 0.4) is 0 Å². The molecule has 0 radical (unpaired) electrons. The van der Waals surface area contributed by atoms with Gasteiger partial charge in [-0.25, -0.2) is 8.42 Å². The van der Waals surface area contributed by atoms with Crippen molar-refractivity contribution in [3.05, 3.63) is 17.2 Å². The number of hydrogen-bond acceptors (Lipinski definition) is 4. The molecular formula is C12H19NO3S. The monoisotopic (exact) mass is 257 g/mol. The zero-order valence-corrected chi connectivity index (χ0v) is 11.6. The molecular weight excluding hydrogens is 238 g/mol. The van der Waals surface area contributed by atoms with Crippen LogP contribution in [0.1, 0.15) is 31.9 Å². The minimum absolute atomic E-state index is 0.106. The summed E-state index contributed by atoms with van der Waals surface area (Å²) >= 11 is 0. The predicted octanol–water partition coefficient (Wildman–Crippen LogP) is 1.98. The Morgan fingerprint density at radius 3 is 2.12 bits per heavy atom. The van der Waals surface area contributed by atoms with Gasteiger partial charge in [-0.15, -0.1) is 0 Å². The van der Waals surface area contributed by atoms with Crippen LogP contribution in [0, 0.1) is 6.92 Å². The molecule has 0 aliphatic rings. The lowest BCUT2D eigenvalue weighted by Crippen LogP contribution is -2.16. The number of benzene rings is 1. The normalized spacial score (nSPS) is 12.8. The third-order valence-corrected chi connectivity index (χ3v) is 3.89. The molecule has 17 heavy (non-hydrogen) atoms. The molecule has 0 heterocycles. The summed E-state index contributed by atoms with van der Waals surface area (Å²) in [5.74, 6) is -0.349. The van der Waals surface area contributed by atoms with E-state index >= 15 is 0 Å². The molecule has 0 atom stereocenters. The van der Waals surface area contributed by atoms with Crippen molar-refractivity contribution in [2.24, 2.45) is 0 Å². The first-order valence-corrected chi connectivity index (χ1v) is 7.18. The molecule has 0 spiro atoms. The molecule has 0 saturated carbocycles. The highest BCUT2D eigenvalue weighted by Gasteiger charge is 2.25. The summed E-state index contributed by atoms with van der Waals surface area (Å²) in [4.78, 5) is -0.106. The maximum absolute atomic E-state index is 11.6. The highest BCUT2D eigenvalue weighted by atomic mass is 32.2. The summed E-state index contributed by atoms with van der Waals surface area (Å²) < 4.78 is 23.2. The third kappa shape index (κ3) is 2.54. The van der Waals surface area contributed by atoms with Gasteiger partial charge >= 0.3 is 0 Å². The van der Waals surface area contributed by atoms with E-state index in [0.29, 0.717) is 0 Å². The van der Waals surface area contributed by atoms with Gasteiger partial charge in [-0.2, -0.15) is 0 Å². The highest BCUT2D eigenvalue weighted by molar-refractivity contribution is 7.90. The number of hydrogen-bond donors (Lipinski definition) is 2. The SMILES string of the molecule is Cc1c(C(C)(C)C)cc(S(C)(=O)=O)c(O)c1N. The fourth-order valence-corrected chi connectivity index (χ4v) is 2.62. The summed E-state index contributed by atoms with van der Waals surface area (Å²) in [5.41, 5.74) is 7.22. The second-order valence-corrected chi connectivity index (χ2v) is 7.32. The van der Waals surface area contributed by atoms with Gasteiger partial charge in [0, 0.05) is 6.26 Å². The number of phenols is 1. The van der Waals surface area contributed by atoms with Crippen molar-refractivity contribution < 1.29 is 13.5 Å². The van der Waals surface area contributed by atoms with Gasteiger partial charge in [-0.3, -0.25) is 0 Å². The second kappa shape index (κ2) is 3.91. The Balaban J connectivity index is 3.75. The standard InChI is InChI=1S/C12H19NO3S/c1-7-8(12(2,3)4)6-9(17(5,15)16)11(14)10(7)13/h6,14H,13H2,1-5H3. The number of phenolic OH excluding ortho intramolecular Hbond substituents is 1.